The molecule has 0 saturated carbocycles. The Morgan fingerprint density at radius 1 is 1.15 bits per heavy atom. The van der Waals surface area contributed by atoms with Crippen molar-refractivity contribution in [2.24, 2.45) is 0 Å². The fourth-order valence-corrected chi connectivity index (χ4v) is 7.45. The van der Waals surface area contributed by atoms with Crippen molar-refractivity contribution in [2.75, 3.05) is 22.8 Å². The molecular weight excluding hydrogens is 471 g/mol. The Bertz CT molecular complexity index is 1110. The number of aromatic nitrogens is 1. The summed E-state index contributed by atoms with van der Waals surface area (Å²) in [5.74, 6) is 0. The van der Waals surface area contributed by atoms with Gasteiger partial charge >= 0.3 is 29.6 Å². The molecule has 2 aliphatic carbocycles. The van der Waals surface area contributed by atoms with E-state index in [4.69, 9.17) is 4.74 Å². The topological polar surface area (TPSA) is 103 Å². The van der Waals surface area contributed by atoms with Crippen molar-refractivity contribution in [2.45, 2.75) is 64.3 Å². The number of amides is 2. The molecule has 0 atom stereocenters. The first-order chi connectivity index (χ1) is 15.4. The maximum Gasteiger partial charge on any atom is 1.00 e. The fraction of sp³-hybridized carbons (Fsp3) is 0.545. The van der Waals surface area contributed by atoms with E-state index in [9.17, 15) is 13.2 Å². The van der Waals surface area contributed by atoms with Crippen molar-refractivity contribution in [3.05, 3.63) is 44.2 Å². The number of fused-ring (bicyclic) bond motifs is 2. The second-order valence-electron chi connectivity index (χ2n) is 8.59. The molecule has 2 amide bonds. The maximum absolute atomic E-state index is 13.3. The summed E-state index contributed by atoms with van der Waals surface area (Å²) >= 11 is 1.28. The number of ether oxygens (including phenoxy) is 1. The molecule has 11 heteroatoms. The Labute approximate surface area is 221 Å². The Kier molecular flexibility index (Phi) is 7.72. The number of hydrogen-bond donors (Lipinski definition) is 1. The van der Waals surface area contributed by atoms with Crippen LogP contribution in [0.3, 0.4) is 0 Å². The SMILES string of the molecule is Cc1ncc(N(C2CCOCC2)S(=O)(=O)[N-]C(=O)Nc2c3c(cc4c2CCC4)CCC3)s1.[Na+]. The van der Waals surface area contributed by atoms with Crippen LogP contribution in [0.2, 0.25) is 0 Å². The number of hydrogen-bond acceptors (Lipinski definition) is 6. The van der Waals surface area contributed by atoms with Gasteiger partial charge in [0.1, 0.15) is 5.00 Å². The van der Waals surface area contributed by atoms with Gasteiger partial charge in [0, 0.05) is 13.2 Å². The molecule has 1 aromatic carbocycles. The number of urea groups is 1. The number of rotatable bonds is 5. The summed E-state index contributed by atoms with van der Waals surface area (Å²) < 4.78 is 37.1. The predicted octanol–water partition coefficient (Wildman–Crippen LogP) is 1.27. The number of nitrogens with zero attached hydrogens (tertiary/aromatic N) is 3. The number of benzene rings is 1. The van der Waals surface area contributed by atoms with Crippen LogP contribution in [0.1, 0.15) is 52.9 Å². The van der Waals surface area contributed by atoms with Gasteiger partial charge in [0.15, 0.2) is 6.03 Å². The van der Waals surface area contributed by atoms with Gasteiger partial charge in [-0.15, -0.1) is 11.3 Å². The average molecular weight is 499 g/mol. The first-order valence-corrected chi connectivity index (χ1v) is 13.4. The van der Waals surface area contributed by atoms with Crippen LogP contribution in [-0.4, -0.2) is 38.7 Å². The van der Waals surface area contributed by atoms with Gasteiger partial charge in [0.05, 0.1) is 17.2 Å². The van der Waals surface area contributed by atoms with E-state index in [-0.39, 0.29) is 35.6 Å². The number of nitrogens with one attached hydrogen (secondary N) is 1. The molecule has 1 aliphatic heterocycles. The second kappa shape index (κ2) is 10.2. The van der Waals surface area contributed by atoms with Gasteiger partial charge in [-0.1, -0.05) is 6.07 Å². The predicted molar refractivity (Wildman–Crippen MR) is 125 cm³/mol. The molecule has 8 nitrogen and oxygen atoms in total. The fourth-order valence-electron chi connectivity index (χ4n) is 5.10. The van der Waals surface area contributed by atoms with Crippen molar-refractivity contribution in [3.63, 3.8) is 0 Å². The van der Waals surface area contributed by atoms with Crippen LogP contribution in [-0.2, 0) is 40.6 Å². The van der Waals surface area contributed by atoms with E-state index in [1.165, 1.54) is 33.0 Å². The van der Waals surface area contributed by atoms with E-state index >= 15 is 0 Å². The first kappa shape index (κ1) is 24.9. The van der Waals surface area contributed by atoms with Crippen LogP contribution in [0.15, 0.2) is 12.3 Å². The van der Waals surface area contributed by atoms with E-state index < -0.39 is 16.2 Å². The molecule has 0 bridgehead atoms. The molecule has 1 saturated heterocycles. The molecule has 3 aliphatic rings. The number of carbonyl (C=O) groups excluding carboxylic acids is 1. The van der Waals surface area contributed by atoms with Gasteiger partial charge in [-0.05, 0) is 86.2 Å². The van der Waals surface area contributed by atoms with E-state index in [1.807, 2.05) is 6.92 Å². The van der Waals surface area contributed by atoms with Crippen molar-refractivity contribution >= 4 is 38.3 Å². The molecule has 0 unspecified atom stereocenters. The quantitative estimate of drug-likeness (QED) is 0.626. The zero-order valence-corrected chi connectivity index (χ0v) is 22.7. The number of anilines is 2. The monoisotopic (exact) mass is 498 g/mol. The molecule has 5 rings (SSSR count). The van der Waals surface area contributed by atoms with E-state index in [1.54, 1.807) is 0 Å². The summed E-state index contributed by atoms with van der Waals surface area (Å²) in [4.78, 5) is 17.1. The Balaban J connectivity index is 0.00000259. The van der Waals surface area contributed by atoms with Crippen LogP contribution in [0.4, 0.5) is 15.5 Å². The molecular formula is C22H27N4NaO4S2. The first-order valence-electron chi connectivity index (χ1n) is 11.2. The third kappa shape index (κ3) is 5.11. The molecule has 2 aromatic rings. The molecule has 2 heterocycles. The second-order valence-corrected chi connectivity index (χ2v) is 11.3. The maximum atomic E-state index is 13.3. The molecule has 0 spiro atoms. The van der Waals surface area contributed by atoms with Gasteiger partial charge in [-0.25, -0.2) is 13.4 Å². The largest absolute Gasteiger partial charge is 1.00 e. The van der Waals surface area contributed by atoms with E-state index in [2.05, 4.69) is 21.1 Å². The van der Waals surface area contributed by atoms with Crippen LogP contribution in [0.25, 0.3) is 4.72 Å². The third-order valence-electron chi connectivity index (χ3n) is 6.50. The van der Waals surface area contributed by atoms with Crippen molar-refractivity contribution < 1.29 is 47.5 Å². The van der Waals surface area contributed by atoms with Gasteiger partial charge in [-0.2, -0.15) is 0 Å². The summed E-state index contributed by atoms with van der Waals surface area (Å²) in [5, 5.41) is 4.10. The Morgan fingerprint density at radius 3 is 2.36 bits per heavy atom. The molecule has 0 radical (unpaired) electrons. The third-order valence-corrected chi connectivity index (χ3v) is 8.92. The van der Waals surface area contributed by atoms with Gasteiger partial charge in [-0.3, -0.25) is 9.10 Å². The molecule has 1 N–H and O–H groups in total. The smallest absolute Gasteiger partial charge is 0.423 e. The van der Waals surface area contributed by atoms with Gasteiger partial charge < -0.3 is 14.8 Å². The normalized spacial score (nSPS) is 17.7. The molecule has 1 aromatic heterocycles. The van der Waals surface area contributed by atoms with Crippen molar-refractivity contribution in [3.8, 4) is 0 Å². The minimum Gasteiger partial charge on any atom is -0.423 e. The Morgan fingerprint density at radius 2 is 1.79 bits per heavy atom. The summed E-state index contributed by atoms with van der Waals surface area (Å²) in [7, 11) is -4.25. The van der Waals surface area contributed by atoms with E-state index in [0.29, 0.717) is 31.1 Å². The number of thiazole rings is 1. The van der Waals surface area contributed by atoms with E-state index in [0.717, 1.165) is 60.3 Å². The zero-order chi connectivity index (χ0) is 22.3. The number of carbonyl (C=O) groups is 1. The van der Waals surface area contributed by atoms with Crippen LogP contribution in [0.5, 0.6) is 0 Å². The van der Waals surface area contributed by atoms with Gasteiger partial charge in [0.25, 0.3) is 10.2 Å². The van der Waals surface area contributed by atoms with Crippen LogP contribution < -0.4 is 39.2 Å². The minimum atomic E-state index is -4.25. The van der Waals surface area contributed by atoms with Crippen molar-refractivity contribution in [1.82, 2.24) is 4.98 Å². The number of aryl methyl sites for hydroxylation is 3. The van der Waals surface area contributed by atoms with Crippen molar-refractivity contribution in [1.29, 1.82) is 0 Å². The average Bonchev–Trinajstić information content (AvgIpc) is 3.49. The minimum absolute atomic E-state index is 0. The molecule has 172 valence electrons. The standard InChI is InChI=1S/C22H28N4O4S2.Na/c1-14-23-13-20(31-14)26(17-8-10-30-11-9-17)32(28,29)25-22(27)24-21-18-6-2-4-15(18)12-16-5-3-7-19(16)21;/h12-13,17H,2-11H2,1H3,(H2,24,25,27);/q;+1/p-1. The molecule has 33 heavy (non-hydrogen) atoms. The summed E-state index contributed by atoms with van der Waals surface area (Å²) in [6, 6.07) is 1.13. The zero-order valence-electron chi connectivity index (χ0n) is 19.1. The summed E-state index contributed by atoms with van der Waals surface area (Å²) in [5.41, 5.74) is 5.63. The Hall–Kier alpha value is -1.17. The van der Waals surface area contributed by atoms with Crippen LogP contribution >= 0.6 is 11.3 Å². The molecule has 1 fully saturated rings. The van der Waals surface area contributed by atoms with Gasteiger partial charge in [0.2, 0.25) is 0 Å². The summed E-state index contributed by atoms with van der Waals surface area (Å²) in [6.45, 7) is 2.77. The summed E-state index contributed by atoms with van der Waals surface area (Å²) in [6.07, 6.45) is 8.56. The van der Waals surface area contributed by atoms with Crippen LogP contribution in [0, 0.1) is 6.92 Å².